The van der Waals surface area contributed by atoms with E-state index in [1.54, 1.807) is 0 Å². The van der Waals surface area contributed by atoms with E-state index in [1.165, 1.54) is 25.1 Å². The molecule has 1 aromatic heterocycles. The molecule has 0 aromatic carbocycles. The van der Waals surface area contributed by atoms with Crippen LogP contribution < -0.4 is 5.73 Å². The first-order chi connectivity index (χ1) is 8.54. The maximum atomic E-state index is 11.3. The second-order valence-corrected chi connectivity index (χ2v) is 5.74. The van der Waals surface area contributed by atoms with Gasteiger partial charge < -0.3 is 10.5 Å². The number of carbonyl (C=O) groups excluding carboxylic acids is 1. The van der Waals surface area contributed by atoms with Crippen LogP contribution in [0.15, 0.2) is 11.2 Å². The first-order valence-corrected chi connectivity index (χ1v) is 6.89. The van der Waals surface area contributed by atoms with Crippen molar-refractivity contribution >= 4 is 35.0 Å². The number of methoxy groups -OCH3 is 1. The molecule has 1 aliphatic carbocycles. The Kier molecular flexibility index (Phi) is 3.97. The number of nitrogen functional groups attached to an aromatic ring is 1. The third-order valence-electron chi connectivity index (χ3n) is 2.97. The highest BCUT2D eigenvalue weighted by Gasteiger charge is 2.44. The van der Waals surface area contributed by atoms with Gasteiger partial charge in [0.1, 0.15) is 5.03 Å². The van der Waals surface area contributed by atoms with Crippen LogP contribution in [0.2, 0.25) is 5.28 Å². The summed E-state index contributed by atoms with van der Waals surface area (Å²) in [5.41, 5.74) is 6.33. The first-order valence-electron chi connectivity index (χ1n) is 5.52. The Hall–Kier alpha value is -1.01. The molecule has 0 spiro atoms. The lowest BCUT2D eigenvalue weighted by Gasteiger charge is -2.13. The summed E-state index contributed by atoms with van der Waals surface area (Å²) >= 11 is 7.24. The fourth-order valence-electron chi connectivity index (χ4n) is 1.62. The van der Waals surface area contributed by atoms with Crippen molar-refractivity contribution in [1.82, 2.24) is 9.97 Å². The lowest BCUT2D eigenvalue weighted by atomic mass is 10.1. The minimum absolute atomic E-state index is 0.0433. The molecule has 18 heavy (non-hydrogen) atoms. The van der Waals surface area contributed by atoms with Crippen LogP contribution in [-0.2, 0) is 9.53 Å². The van der Waals surface area contributed by atoms with Gasteiger partial charge in [0.2, 0.25) is 5.28 Å². The molecule has 0 saturated heterocycles. The molecule has 1 fully saturated rings. The molecule has 2 rings (SSSR count). The van der Waals surface area contributed by atoms with Crippen molar-refractivity contribution in [2.24, 2.45) is 5.41 Å². The smallest absolute Gasteiger partial charge is 0.306 e. The quantitative estimate of drug-likeness (QED) is 0.387. The highest BCUT2D eigenvalue weighted by atomic mass is 35.5. The molecule has 98 valence electrons. The van der Waals surface area contributed by atoms with Crippen LogP contribution in [0.4, 0.5) is 5.69 Å². The van der Waals surface area contributed by atoms with Crippen molar-refractivity contribution in [3.8, 4) is 0 Å². The molecule has 0 amide bonds. The second kappa shape index (κ2) is 5.32. The van der Waals surface area contributed by atoms with E-state index in [0.717, 1.165) is 18.6 Å². The van der Waals surface area contributed by atoms with Crippen LogP contribution in [0.5, 0.6) is 0 Å². The Morgan fingerprint density at radius 1 is 1.67 bits per heavy atom. The SMILES string of the molecule is COC(=O)CC1(CSc2nc(Cl)ncc2N)CC1. The summed E-state index contributed by atoms with van der Waals surface area (Å²) in [6, 6.07) is 0. The van der Waals surface area contributed by atoms with Gasteiger partial charge in [-0.15, -0.1) is 11.8 Å². The zero-order valence-corrected chi connectivity index (χ0v) is 11.6. The summed E-state index contributed by atoms with van der Waals surface area (Å²) in [6.07, 6.45) is 4.02. The summed E-state index contributed by atoms with van der Waals surface area (Å²) in [5, 5.41) is 0.857. The van der Waals surface area contributed by atoms with Crippen molar-refractivity contribution in [2.75, 3.05) is 18.6 Å². The van der Waals surface area contributed by atoms with Gasteiger partial charge in [-0.1, -0.05) is 0 Å². The molecule has 1 saturated carbocycles. The molecule has 2 N–H and O–H groups in total. The van der Waals surface area contributed by atoms with E-state index in [1.807, 2.05) is 0 Å². The van der Waals surface area contributed by atoms with Crippen molar-refractivity contribution < 1.29 is 9.53 Å². The van der Waals surface area contributed by atoms with Gasteiger partial charge in [0.25, 0.3) is 0 Å². The van der Waals surface area contributed by atoms with E-state index in [0.29, 0.717) is 17.1 Å². The lowest BCUT2D eigenvalue weighted by Crippen LogP contribution is -2.13. The van der Waals surface area contributed by atoms with Gasteiger partial charge in [0, 0.05) is 5.75 Å². The zero-order valence-electron chi connectivity index (χ0n) is 9.98. The minimum atomic E-state index is -0.165. The summed E-state index contributed by atoms with van der Waals surface area (Å²) in [7, 11) is 1.41. The van der Waals surface area contributed by atoms with Gasteiger partial charge in [-0.3, -0.25) is 4.79 Å². The van der Waals surface area contributed by atoms with Gasteiger partial charge in [0.05, 0.1) is 25.4 Å². The van der Waals surface area contributed by atoms with Gasteiger partial charge >= 0.3 is 5.97 Å². The number of rotatable bonds is 5. The third kappa shape index (κ3) is 3.26. The number of hydrogen-bond donors (Lipinski definition) is 1. The van der Waals surface area contributed by atoms with E-state index < -0.39 is 0 Å². The van der Waals surface area contributed by atoms with E-state index in [4.69, 9.17) is 22.1 Å². The highest BCUT2D eigenvalue weighted by Crippen LogP contribution is 2.52. The van der Waals surface area contributed by atoms with Crippen molar-refractivity contribution in [1.29, 1.82) is 0 Å². The fourth-order valence-corrected chi connectivity index (χ4v) is 3.01. The number of nitrogens with two attached hydrogens (primary N) is 1. The Morgan fingerprint density at radius 3 is 3.00 bits per heavy atom. The van der Waals surface area contributed by atoms with Crippen LogP contribution >= 0.6 is 23.4 Å². The van der Waals surface area contributed by atoms with Crippen molar-refractivity contribution in [3.05, 3.63) is 11.5 Å². The Morgan fingerprint density at radius 2 is 2.39 bits per heavy atom. The summed E-state index contributed by atoms with van der Waals surface area (Å²) < 4.78 is 4.70. The summed E-state index contributed by atoms with van der Waals surface area (Å²) in [6.45, 7) is 0. The summed E-state index contributed by atoms with van der Waals surface area (Å²) in [5.74, 6) is 0.626. The standard InChI is InChI=1S/C11H14ClN3O2S/c1-17-8(16)4-11(2-3-11)6-18-9-7(13)5-14-10(12)15-9/h5H,2-4,6,13H2,1H3. The molecule has 0 unspecified atom stereocenters. The number of nitrogens with zero attached hydrogens (tertiary/aromatic N) is 2. The molecule has 5 nitrogen and oxygen atoms in total. The van der Waals surface area contributed by atoms with Gasteiger partial charge in [-0.25, -0.2) is 9.97 Å². The number of thioether (sulfide) groups is 1. The normalized spacial score (nSPS) is 16.3. The van der Waals surface area contributed by atoms with Crippen LogP contribution in [0, 0.1) is 5.41 Å². The van der Waals surface area contributed by atoms with Crippen molar-refractivity contribution in [3.63, 3.8) is 0 Å². The van der Waals surface area contributed by atoms with Crippen molar-refractivity contribution in [2.45, 2.75) is 24.3 Å². The van der Waals surface area contributed by atoms with Gasteiger partial charge in [-0.2, -0.15) is 0 Å². The van der Waals surface area contributed by atoms with Gasteiger partial charge in [-0.05, 0) is 29.9 Å². The number of hydrogen-bond acceptors (Lipinski definition) is 6. The van der Waals surface area contributed by atoms with Crippen LogP contribution in [-0.4, -0.2) is 28.8 Å². The average Bonchev–Trinajstić information content (AvgIpc) is 3.10. The third-order valence-corrected chi connectivity index (χ3v) is 4.51. The summed E-state index contributed by atoms with van der Waals surface area (Å²) in [4.78, 5) is 19.2. The molecule has 0 radical (unpaired) electrons. The fraction of sp³-hybridized carbons (Fsp3) is 0.545. The van der Waals surface area contributed by atoms with E-state index >= 15 is 0 Å². The Bertz CT molecular complexity index is 466. The van der Waals surface area contributed by atoms with E-state index in [9.17, 15) is 4.79 Å². The minimum Gasteiger partial charge on any atom is -0.469 e. The largest absolute Gasteiger partial charge is 0.469 e. The van der Waals surface area contributed by atoms with Crippen LogP contribution in [0.25, 0.3) is 0 Å². The predicted molar refractivity (Wildman–Crippen MR) is 70.5 cm³/mol. The number of ether oxygens (including phenoxy) is 1. The number of carbonyl (C=O) groups is 1. The zero-order chi connectivity index (χ0) is 13.2. The maximum Gasteiger partial charge on any atom is 0.306 e. The molecule has 7 heteroatoms. The number of halogens is 1. The van der Waals surface area contributed by atoms with Crippen LogP contribution in [0.1, 0.15) is 19.3 Å². The Balaban J connectivity index is 1.95. The number of esters is 1. The van der Waals surface area contributed by atoms with E-state index in [-0.39, 0.29) is 16.7 Å². The average molecular weight is 288 g/mol. The molecular weight excluding hydrogens is 274 g/mol. The maximum absolute atomic E-state index is 11.3. The number of anilines is 1. The van der Waals surface area contributed by atoms with E-state index in [2.05, 4.69) is 9.97 Å². The molecule has 1 aliphatic rings. The highest BCUT2D eigenvalue weighted by molar-refractivity contribution is 7.99. The molecule has 0 atom stereocenters. The lowest BCUT2D eigenvalue weighted by molar-refractivity contribution is -0.141. The topological polar surface area (TPSA) is 78.1 Å². The Labute approximate surface area is 114 Å². The second-order valence-electron chi connectivity index (χ2n) is 4.44. The number of aromatic nitrogens is 2. The first kappa shape index (κ1) is 13.4. The molecule has 1 aromatic rings. The molecule has 0 aliphatic heterocycles. The van der Waals surface area contributed by atoms with Gasteiger partial charge in [0.15, 0.2) is 0 Å². The molecular formula is C11H14ClN3O2S. The monoisotopic (exact) mass is 287 g/mol. The van der Waals surface area contributed by atoms with Crippen LogP contribution in [0.3, 0.4) is 0 Å². The molecule has 1 heterocycles. The molecule has 0 bridgehead atoms. The predicted octanol–water partition coefficient (Wildman–Crippen LogP) is 2.15.